The lowest BCUT2D eigenvalue weighted by Gasteiger charge is -2.41. The Labute approximate surface area is 118 Å². The Hall–Kier alpha value is -0.120. The fourth-order valence-electron chi connectivity index (χ4n) is 4.03. The molecule has 0 amide bonds. The Bertz CT molecular complexity index is 311. The topological polar surface area (TPSA) is 32.5 Å². The average molecular weight is 265 g/mol. The van der Waals surface area contributed by atoms with Crippen molar-refractivity contribution in [2.75, 3.05) is 26.2 Å². The van der Waals surface area contributed by atoms with Gasteiger partial charge in [-0.3, -0.25) is 9.80 Å². The third kappa shape index (κ3) is 2.84. The maximum absolute atomic E-state index is 6.27. The van der Waals surface area contributed by atoms with Crippen LogP contribution in [0.25, 0.3) is 0 Å². The van der Waals surface area contributed by atoms with Gasteiger partial charge in [-0.1, -0.05) is 6.92 Å². The zero-order valence-electron chi connectivity index (χ0n) is 12.8. The molecule has 0 aromatic heterocycles. The molecule has 3 fully saturated rings. The summed E-state index contributed by atoms with van der Waals surface area (Å²) in [6, 6.07) is 1.61. The zero-order valence-corrected chi connectivity index (χ0v) is 12.8. The molecule has 2 N–H and O–H groups in total. The van der Waals surface area contributed by atoms with E-state index >= 15 is 0 Å². The first kappa shape index (κ1) is 13.8. The summed E-state index contributed by atoms with van der Waals surface area (Å²) >= 11 is 0. The van der Waals surface area contributed by atoms with Gasteiger partial charge >= 0.3 is 0 Å². The van der Waals surface area contributed by atoms with Crippen LogP contribution in [0.5, 0.6) is 0 Å². The highest BCUT2D eigenvalue weighted by molar-refractivity contribution is 5.07. The van der Waals surface area contributed by atoms with E-state index < -0.39 is 0 Å². The molecule has 0 bridgehead atoms. The highest BCUT2D eigenvalue weighted by Crippen LogP contribution is 2.41. The summed E-state index contributed by atoms with van der Waals surface area (Å²) in [5.74, 6) is 0.972. The predicted octanol–water partition coefficient (Wildman–Crippen LogP) is 2.06. The third-order valence-electron chi connectivity index (χ3n) is 5.45. The van der Waals surface area contributed by atoms with Crippen LogP contribution in [0.2, 0.25) is 0 Å². The molecule has 3 nitrogen and oxygen atoms in total. The van der Waals surface area contributed by atoms with Crippen LogP contribution >= 0.6 is 0 Å². The molecule has 3 heteroatoms. The Kier molecular flexibility index (Phi) is 3.89. The first-order valence-electron chi connectivity index (χ1n) is 8.39. The minimum atomic E-state index is 0.278. The average Bonchev–Trinajstić information content (AvgIpc) is 3.29. The molecule has 2 unspecified atom stereocenters. The van der Waals surface area contributed by atoms with Gasteiger partial charge in [0.1, 0.15) is 0 Å². The van der Waals surface area contributed by atoms with E-state index in [1.54, 1.807) is 0 Å². The van der Waals surface area contributed by atoms with Crippen molar-refractivity contribution in [3.05, 3.63) is 0 Å². The van der Waals surface area contributed by atoms with Gasteiger partial charge in [0.25, 0.3) is 0 Å². The molecule has 0 aromatic carbocycles. The van der Waals surface area contributed by atoms with E-state index in [0.29, 0.717) is 0 Å². The Balaban J connectivity index is 1.72. The van der Waals surface area contributed by atoms with Crippen molar-refractivity contribution in [2.24, 2.45) is 11.7 Å². The van der Waals surface area contributed by atoms with Gasteiger partial charge in [0.05, 0.1) is 0 Å². The minimum absolute atomic E-state index is 0.278. The van der Waals surface area contributed by atoms with Gasteiger partial charge < -0.3 is 5.73 Å². The van der Waals surface area contributed by atoms with Crippen LogP contribution in [0.3, 0.4) is 0 Å². The molecular formula is C16H31N3. The van der Waals surface area contributed by atoms with E-state index in [4.69, 9.17) is 5.73 Å². The SMILES string of the molecule is CCCN(CC1CC1)C1(CN)CC(C)N(C2CC2)C1. The lowest BCUT2D eigenvalue weighted by atomic mass is 9.93. The highest BCUT2D eigenvalue weighted by atomic mass is 15.3. The summed E-state index contributed by atoms with van der Waals surface area (Å²) in [5.41, 5.74) is 6.55. The lowest BCUT2D eigenvalue weighted by Crippen LogP contribution is -2.56. The summed E-state index contributed by atoms with van der Waals surface area (Å²) in [5, 5.41) is 0. The maximum atomic E-state index is 6.27. The van der Waals surface area contributed by atoms with Gasteiger partial charge in [0, 0.05) is 37.3 Å². The summed E-state index contributed by atoms with van der Waals surface area (Å²) in [6.07, 6.45) is 8.27. The van der Waals surface area contributed by atoms with E-state index in [2.05, 4.69) is 23.6 Å². The summed E-state index contributed by atoms with van der Waals surface area (Å²) in [6.45, 7) is 9.32. The zero-order chi connectivity index (χ0) is 13.5. The fourth-order valence-corrected chi connectivity index (χ4v) is 4.03. The van der Waals surface area contributed by atoms with Crippen LogP contribution in [0.4, 0.5) is 0 Å². The van der Waals surface area contributed by atoms with E-state index in [-0.39, 0.29) is 5.54 Å². The van der Waals surface area contributed by atoms with Crippen molar-refractivity contribution >= 4 is 0 Å². The molecule has 1 aliphatic heterocycles. The Morgan fingerprint density at radius 3 is 2.53 bits per heavy atom. The van der Waals surface area contributed by atoms with Crippen molar-refractivity contribution in [3.63, 3.8) is 0 Å². The minimum Gasteiger partial charge on any atom is -0.329 e. The van der Waals surface area contributed by atoms with Gasteiger partial charge in [-0.2, -0.15) is 0 Å². The lowest BCUT2D eigenvalue weighted by molar-refractivity contribution is 0.0917. The van der Waals surface area contributed by atoms with E-state index in [1.807, 2.05) is 0 Å². The maximum Gasteiger partial charge on any atom is 0.0473 e. The second-order valence-electron chi connectivity index (χ2n) is 7.27. The second-order valence-corrected chi connectivity index (χ2v) is 7.27. The number of nitrogens with two attached hydrogens (primary N) is 1. The molecule has 2 atom stereocenters. The molecule has 0 spiro atoms. The van der Waals surface area contributed by atoms with Gasteiger partial charge in [-0.25, -0.2) is 0 Å². The van der Waals surface area contributed by atoms with E-state index in [1.165, 1.54) is 58.2 Å². The van der Waals surface area contributed by atoms with Crippen molar-refractivity contribution in [1.29, 1.82) is 0 Å². The van der Waals surface area contributed by atoms with Crippen LogP contribution in [-0.4, -0.2) is 53.6 Å². The molecule has 3 rings (SSSR count). The standard InChI is InChI=1S/C16H31N3/c1-3-8-18(10-14-4-5-14)16(11-17)9-13(2)19(12-16)15-6-7-15/h13-15H,3-12,17H2,1-2H3. The van der Waals surface area contributed by atoms with Gasteiger partial charge in [0.2, 0.25) is 0 Å². The summed E-state index contributed by atoms with van der Waals surface area (Å²) in [4.78, 5) is 5.52. The number of likely N-dealkylation sites (tertiary alicyclic amines) is 1. The fraction of sp³-hybridized carbons (Fsp3) is 1.00. The van der Waals surface area contributed by atoms with Crippen LogP contribution in [0.1, 0.15) is 52.4 Å². The van der Waals surface area contributed by atoms with Crippen molar-refractivity contribution in [2.45, 2.75) is 70.0 Å². The quantitative estimate of drug-likeness (QED) is 0.765. The molecule has 110 valence electrons. The van der Waals surface area contributed by atoms with Crippen LogP contribution in [0, 0.1) is 5.92 Å². The Morgan fingerprint density at radius 2 is 2.00 bits per heavy atom. The van der Waals surface area contributed by atoms with Crippen molar-refractivity contribution in [3.8, 4) is 0 Å². The monoisotopic (exact) mass is 265 g/mol. The number of hydrogen-bond donors (Lipinski definition) is 1. The predicted molar refractivity (Wildman–Crippen MR) is 80.2 cm³/mol. The smallest absolute Gasteiger partial charge is 0.0473 e. The molecule has 0 aromatic rings. The third-order valence-corrected chi connectivity index (χ3v) is 5.45. The van der Waals surface area contributed by atoms with Gasteiger partial charge in [0.15, 0.2) is 0 Å². The molecule has 1 heterocycles. The van der Waals surface area contributed by atoms with E-state index in [0.717, 1.165) is 24.5 Å². The van der Waals surface area contributed by atoms with Crippen molar-refractivity contribution in [1.82, 2.24) is 9.80 Å². The van der Waals surface area contributed by atoms with Crippen LogP contribution in [0.15, 0.2) is 0 Å². The normalized spacial score (nSPS) is 36.3. The second kappa shape index (κ2) is 5.34. The van der Waals surface area contributed by atoms with Crippen LogP contribution in [-0.2, 0) is 0 Å². The molecular weight excluding hydrogens is 234 g/mol. The van der Waals surface area contributed by atoms with Crippen LogP contribution < -0.4 is 5.73 Å². The molecule has 2 saturated carbocycles. The number of hydrogen-bond acceptors (Lipinski definition) is 3. The summed E-state index contributed by atoms with van der Waals surface area (Å²) < 4.78 is 0. The highest BCUT2D eigenvalue weighted by Gasteiger charge is 2.49. The molecule has 2 aliphatic carbocycles. The number of rotatable bonds is 7. The first-order chi connectivity index (χ1) is 9.18. The molecule has 3 aliphatic rings. The first-order valence-corrected chi connectivity index (χ1v) is 8.39. The van der Waals surface area contributed by atoms with Gasteiger partial charge in [-0.15, -0.1) is 0 Å². The Morgan fingerprint density at radius 1 is 1.26 bits per heavy atom. The van der Waals surface area contributed by atoms with Crippen molar-refractivity contribution < 1.29 is 0 Å². The molecule has 0 radical (unpaired) electrons. The molecule has 1 saturated heterocycles. The number of nitrogens with zero attached hydrogens (tertiary/aromatic N) is 2. The molecule has 19 heavy (non-hydrogen) atoms. The largest absolute Gasteiger partial charge is 0.329 e. The van der Waals surface area contributed by atoms with Gasteiger partial charge in [-0.05, 0) is 57.9 Å². The summed E-state index contributed by atoms with van der Waals surface area (Å²) in [7, 11) is 0. The van der Waals surface area contributed by atoms with E-state index in [9.17, 15) is 0 Å².